The van der Waals surface area contributed by atoms with Crippen molar-refractivity contribution in [1.82, 2.24) is 0 Å². The van der Waals surface area contributed by atoms with Crippen molar-refractivity contribution in [2.45, 2.75) is 13.8 Å². The van der Waals surface area contributed by atoms with Gasteiger partial charge in [0.15, 0.2) is 8.38 Å². The lowest BCUT2D eigenvalue weighted by atomic mass is 10.3. The van der Waals surface area contributed by atoms with Crippen LogP contribution in [0.25, 0.3) is 0 Å². The summed E-state index contributed by atoms with van der Waals surface area (Å²) in [6.45, 7) is 3.35. The first-order chi connectivity index (χ1) is 5.20. The van der Waals surface area contributed by atoms with E-state index in [9.17, 15) is 0 Å². The maximum Gasteiger partial charge on any atom is 0.175 e. The molecule has 0 aromatic carbocycles. The Bertz CT molecular complexity index is 82.7. The van der Waals surface area contributed by atoms with Gasteiger partial charge in [-0.15, -0.1) is 0 Å². The minimum absolute atomic E-state index is 0.349. The van der Waals surface area contributed by atoms with Crippen LogP contribution in [0, 0.1) is 5.92 Å². The van der Waals surface area contributed by atoms with Gasteiger partial charge in [0.05, 0.1) is 0 Å². The smallest absolute Gasteiger partial charge is 0.175 e. The Morgan fingerprint density at radius 2 is 1.64 bits per heavy atom. The Labute approximate surface area is 68.1 Å². The van der Waals surface area contributed by atoms with Gasteiger partial charge >= 0.3 is 0 Å². The molecule has 0 aliphatic carbocycles. The number of rotatable bonds is 6. The molecule has 68 valence electrons. The zero-order chi connectivity index (χ0) is 8.69. The van der Waals surface area contributed by atoms with Crippen molar-refractivity contribution in [3.8, 4) is 0 Å². The normalized spacial score (nSPS) is 11.5. The maximum absolute atomic E-state index is 8.41. The van der Waals surface area contributed by atoms with Gasteiger partial charge in [0.25, 0.3) is 0 Å². The van der Waals surface area contributed by atoms with Gasteiger partial charge in [-0.3, -0.25) is 0 Å². The van der Waals surface area contributed by atoms with Gasteiger partial charge in [-0.2, -0.15) is 0 Å². The average molecular weight is 182 g/mol. The molecule has 4 nitrogen and oxygen atoms in total. The first-order valence-electron chi connectivity index (χ1n) is 3.45. The Morgan fingerprint density at radius 3 is 1.91 bits per heavy atom. The molecule has 11 heavy (non-hydrogen) atoms. The molecule has 0 radical (unpaired) electrons. The first kappa shape index (κ1) is 11.3. The van der Waals surface area contributed by atoms with Crippen LogP contribution in [0.15, 0.2) is 0 Å². The number of aliphatic hydroxyl groups excluding tert-OH is 2. The summed E-state index contributed by atoms with van der Waals surface area (Å²) in [5.41, 5.74) is 0. The van der Waals surface area contributed by atoms with E-state index in [1.165, 1.54) is 0 Å². The summed E-state index contributed by atoms with van der Waals surface area (Å²) in [5.74, 6) is 0.444. The van der Waals surface area contributed by atoms with Crippen LogP contribution < -0.4 is 0 Å². The van der Waals surface area contributed by atoms with E-state index in [0.717, 1.165) is 6.16 Å². The van der Waals surface area contributed by atoms with Crippen LogP contribution in [0.4, 0.5) is 0 Å². The zero-order valence-corrected chi connectivity index (χ0v) is 7.75. The lowest BCUT2D eigenvalue weighted by Crippen LogP contribution is -2.01. The standard InChI is InChI=1S/C6H15O4P/c1-6(2)3-11(9-4-7)10-5-8/h6-8H,3-5H2,1-2H3. The van der Waals surface area contributed by atoms with Crippen LogP contribution in [0.5, 0.6) is 0 Å². The second kappa shape index (κ2) is 6.95. The Morgan fingerprint density at radius 1 is 1.18 bits per heavy atom. The molecule has 0 spiro atoms. The predicted molar refractivity (Wildman–Crippen MR) is 43.0 cm³/mol. The van der Waals surface area contributed by atoms with Gasteiger partial charge in [-0.1, -0.05) is 13.8 Å². The molecule has 5 heteroatoms. The highest BCUT2D eigenvalue weighted by molar-refractivity contribution is 7.47. The molecule has 0 aromatic heterocycles. The predicted octanol–water partition coefficient (Wildman–Crippen LogP) is 0.887. The fraction of sp³-hybridized carbons (Fsp3) is 1.00. The quantitative estimate of drug-likeness (QED) is 0.473. The van der Waals surface area contributed by atoms with Gasteiger partial charge in [0.2, 0.25) is 0 Å². The van der Waals surface area contributed by atoms with Crippen LogP contribution in [0.3, 0.4) is 0 Å². The molecule has 0 unspecified atom stereocenters. The molecule has 0 aliphatic rings. The zero-order valence-electron chi connectivity index (χ0n) is 6.86. The van der Waals surface area contributed by atoms with E-state index < -0.39 is 8.38 Å². The highest BCUT2D eigenvalue weighted by Crippen LogP contribution is 2.39. The van der Waals surface area contributed by atoms with Crippen LogP contribution in [0.1, 0.15) is 13.8 Å². The molecule has 0 saturated carbocycles. The van der Waals surface area contributed by atoms with Crippen LogP contribution in [-0.4, -0.2) is 30.0 Å². The van der Waals surface area contributed by atoms with E-state index in [2.05, 4.69) is 0 Å². The topological polar surface area (TPSA) is 58.9 Å². The summed E-state index contributed by atoms with van der Waals surface area (Å²) < 4.78 is 9.66. The van der Waals surface area contributed by atoms with Gasteiger partial charge in [-0.05, 0) is 5.92 Å². The van der Waals surface area contributed by atoms with Crippen LogP contribution >= 0.6 is 8.38 Å². The molecule has 0 heterocycles. The van der Waals surface area contributed by atoms with Crippen LogP contribution in [0.2, 0.25) is 0 Å². The van der Waals surface area contributed by atoms with Gasteiger partial charge in [0, 0.05) is 6.16 Å². The van der Waals surface area contributed by atoms with E-state index >= 15 is 0 Å². The molecule has 0 bridgehead atoms. The van der Waals surface area contributed by atoms with Crippen molar-refractivity contribution in [2.75, 3.05) is 19.7 Å². The van der Waals surface area contributed by atoms with Gasteiger partial charge < -0.3 is 19.3 Å². The molecule has 2 N–H and O–H groups in total. The SMILES string of the molecule is CC(C)CP(OCO)OCO. The lowest BCUT2D eigenvalue weighted by molar-refractivity contribution is 0.0568. The number of hydrogen-bond acceptors (Lipinski definition) is 4. The fourth-order valence-corrected chi connectivity index (χ4v) is 1.71. The molecule has 0 rings (SSSR count). The minimum Gasteiger partial charge on any atom is -0.370 e. The lowest BCUT2D eigenvalue weighted by Gasteiger charge is -2.15. The average Bonchev–Trinajstić information content (AvgIpc) is 1.87. The van der Waals surface area contributed by atoms with Crippen molar-refractivity contribution in [3.63, 3.8) is 0 Å². The summed E-state index contributed by atoms with van der Waals surface area (Å²) >= 11 is 0. The summed E-state index contributed by atoms with van der Waals surface area (Å²) in [5, 5.41) is 16.8. The van der Waals surface area contributed by atoms with E-state index in [0.29, 0.717) is 5.92 Å². The number of hydrogen-bond donors (Lipinski definition) is 2. The van der Waals surface area contributed by atoms with E-state index in [-0.39, 0.29) is 13.6 Å². The highest BCUT2D eigenvalue weighted by atomic mass is 31.2. The van der Waals surface area contributed by atoms with Crippen molar-refractivity contribution >= 4 is 8.38 Å². The molecule has 0 amide bonds. The summed E-state index contributed by atoms with van der Waals surface area (Å²) in [6, 6.07) is 0. The van der Waals surface area contributed by atoms with E-state index in [1.807, 2.05) is 13.8 Å². The summed E-state index contributed by atoms with van der Waals surface area (Å²) in [4.78, 5) is 0. The first-order valence-corrected chi connectivity index (χ1v) is 4.82. The second-order valence-electron chi connectivity index (χ2n) is 2.43. The molecule has 0 fully saturated rings. The van der Waals surface area contributed by atoms with E-state index in [1.54, 1.807) is 0 Å². The molecule has 0 aromatic rings. The Balaban J connectivity index is 3.50. The monoisotopic (exact) mass is 182 g/mol. The van der Waals surface area contributed by atoms with Gasteiger partial charge in [-0.25, -0.2) is 0 Å². The molecule has 0 saturated heterocycles. The van der Waals surface area contributed by atoms with E-state index in [4.69, 9.17) is 19.3 Å². The minimum atomic E-state index is -1.10. The van der Waals surface area contributed by atoms with Crippen molar-refractivity contribution < 1.29 is 19.3 Å². The number of aliphatic hydroxyl groups is 2. The van der Waals surface area contributed by atoms with Crippen LogP contribution in [-0.2, 0) is 9.05 Å². The van der Waals surface area contributed by atoms with Crippen molar-refractivity contribution in [3.05, 3.63) is 0 Å². The Hall–Kier alpha value is 0.270. The second-order valence-corrected chi connectivity index (χ2v) is 3.97. The molecular formula is C6H15O4P. The fourth-order valence-electron chi connectivity index (χ4n) is 0.570. The van der Waals surface area contributed by atoms with Crippen molar-refractivity contribution in [2.24, 2.45) is 5.92 Å². The molecule has 0 atom stereocenters. The Kier molecular flexibility index (Phi) is 7.12. The molecular weight excluding hydrogens is 167 g/mol. The molecule has 0 aliphatic heterocycles. The third kappa shape index (κ3) is 6.66. The summed E-state index contributed by atoms with van der Waals surface area (Å²) in [6.07, 6.45) is 0.733. The van der Waals surface area contributed by atoms with Gasteiger partial charge in [0.1, 0.15) is 13.6 Å². The van der Waals surface area contributed by atoms with Crippen molar-refractivity contribution in [1.29, 1.82) is 0 Å². The summed E-state index contributed by atoms with van der Waals surface area (Å²) in [7, 11) is -1.10. The third-order valence-corrected chi connectivity index (χ3v) is 2.75. The maximum atomic E-state index is 8.41. The highest BCUT2D eigenvalue weighted by Gasteiger charge is 2.11. The largest absolute Gasteiger partial charge is 0.370 e. The third-order valence-electron chi connectivity index (χ3n) is 0.918.